The van der Waals surface area contributed by atoms with E-state index in [9.17, 15) is 0 Å². The van der Waals surface area contributed by atoms with Crippen LogP contribution < -0.4 is 15.8 Å². The second-order valence-electron chi connectivity index (χ2n) is 6.03. The van der Waals surface area contributed by atoms with Crippen molar-refractivity contribution in [2.24, 2.45) is 0 Å². The van der Waals surface area contributed by atoms with E-state index in [-0.39, 0.29) is 5.54 Å². The predicted molar refractivity (Wildman–Crippen MR) is 84.2 cm³/mol. The Hall–Kier alpha value is -1.52. The summed E-state index contributed by atoms with van der Waals surface area (Å²) in [6.07, 6.45) is 3.89. The van der Waals surface area contributed by atoms with Crippen molar-refractivity contribution in [1.82, 2.24) is 9.97 Å². The van der Waals surface area contributed by atoms with E-state index in [1.807, 2.05) is 0 Å². The SMILES string of the molecule is CCCCOc1nc(CCC)nc(NC(C)(C)C)c1N. The van der Waals surface area contributed by atoms with Gasteiger partial charge in [0, 0.05) is 12.0 Å². The van der Waals surface area contributed by atoms with E-state index in [1.54, 1.807) is 0 Å². The van der Waals surface area contributed by atoms with Crippen LogP contribution in [-0.4, -0.2) is 22.1 Å². The van der Waals surface area contributed by atoms with Gasteiger partial charge in [0.1, 0.15) is 11.5 Å². The van der Waals surface area contributed by atoms with Gasteiger partial charge in [0.15, 0.2) is 5.82 Å². The van der Waals surface area contributed by atoms with Gasteiger partial charge in [-0.05, 0) is 33.6 Å². The van der Waals surface area contributed by atoms with E-state index in [0.717, 1.165) is 31.5 Å². The van der Waals surface area contributed by atoms with Crippen molar-refractivity contribution in [3.8, 4) is 5.88 Å². The van der Waals surface area contributed by atoms with Gasteiger partial charge in [-0.1, -0.05) is 20.3 Å². The summed E-state index contributed by atoms with van der Waals surface area (Å²) in [5.74, 6) is 1.95. The molecule has 5 nitrogen and oxygen atoms in total. The number of aromatic nitrogens is 2. The Morgan fingerprint density at radius 2 is 1.85 bits per heavy atom. The number of aryl methyl sites for hydroxylation is 1. The minimum Gasteiger partial charge on any atom is -0.476 e. The summed E-state index contributed by atoms with van der Waals surface area (Å²) in [4.78, 5) is 8.94. The van der Waals surface area contributed by atoms with Crippen molar-refractivity contribution in [2.75, 3.05) is 17.7 Å². The Balaban J connectivity index is 3.02. The summed E-state index contributed by atoms with van der Waals surface area (Å²) >= 11 is 0. The first kappa shape index (κ1) is 16.5. The van der Waals surface area contributed by atoms with Gasteiger partial charge in [-0.15, -0.1) is 0 Å². The Kier molecular flexibility index (Phi) is 6.05. The second-order valence-corrected chi connectivity index (χ2v) is 6.03. The van der Waals surface area contributed by atoms with Crippen LogP contribution in [0.4, 0.5) is 11.5 Å². The molecule has 0 aromatic carbocycles. The quantitative estimate of drug-likeness (QED) is 0.749. The van der Waals surface area contributed by atoms with Crippen molar-refractivity contribution >= 4 is 11.5 Å². The van der Waals surface area contributed by atoms with Gasteiger partial charge in [0.25, 0.3) is 0 Å². The van der Waals surface area contributed by atoms with Crippen molar-refractivity contribution in [3.05, 3.63) is 5.82 Å². The molecule has 5 heteroatoms. The molecule has 114 valence electrons. The molecule has 0 fully saturated rings. The Bertz CT molecular complexity index is 427. The third-order valence-electron chi connectivity index (χ3n) is 2.66. The number of anilines is 2. The maximum absolute atomic E-state index is 6.13. The van der Waals surface area contributed by atoms with Crippen molar-refractivity contribution in [1.29, 1.82) is 0 Å². The van der Waals surface area contributed by atoms with Crippen LogP contribution in [0.2, 0.25) is 0 Å². The maximum Gasteiger partial charge on any atom is 0.242 e. The predicted octanol–water partition coefficient (Wildman–Crippen LogP) is 3.40. The van der Waals surface area contributed by atoms with Crippen molar-refractivity contribution < 1.29 is 4.74 Å². The van der Waals surface area contributed by atoms with Crippen LogP contribution in [0, 0.1) is 0 Å². The maximum atomic E-state index is 6.13. The lowest BCUT2D eigenvalue weighted by Gasteiger charge is -2.23. The lowest BCUT2D eigenvalue weighted by molar-refractivity contribution is 0.298. The van der Waals surface area contributed by atoms with E-state index in [0.29, 0.717) is 24.0 Å². The fraction of sp³-hybridized carbons (Fsp3) is 0.733. The number of rotatable bonds is 7. The third-order valence-corrected chi connectivity index (χ3v) is 2.66. The molecule has 0 aliphatic carbocycles. The molecular weight excluding hydrogens is 252 g/mol. The van der Waals surface area contributed by atoms with Gasteiger partial charge in [-0.2, -0.15) is 4.98 Å². The average Bonchev–Trinajstić information content (AvgIpc) is 2.33. The molecule has 1 rings (SSSR count). The molecule has 0 spiro atoms. The largest absolute Gasteiger partial charge is 0.476 e. The molecule has 0 bridgehead atoms. The van der Waals surface area contributed by atoms with Gasteiger partial charge >= 0.3 is 0 Å². The standard InChI is InChI=1S/C15H28N4O/c1-6-8-10-20-14-12(16)13(19-15(3,4)5)17-11(18-14)9-7-2/h6-10,16H2,1-5H3,(H,17,18,19). The van der Waals surface area contributed by atoms with E-state index < -0.39 is 0 Å². The molecular formula is C15H28N4O. The van der Waals surface area contributed by atoms with Crippen LogP contribution >= 0.6 is 0 Å². The van der Waals surface area contributed by atoms with Crippen LogP contribution in [0.15, 0.2) is 0 Å². The number of hydrogen-bond donors (Lipinski definition) is 2. The molecule has 1 aromatic heterocycles. The molecule has 0 saturated carbocycles. The summed E-state index contributed by atoms with van der Waals surface area (Å²) in [5.41, 5.74) is 6.52. The van der Waals surface area contributed by atoms with Gasteiger partial charge in [0.2, 0.25) is 5.88 Å². The molecule has 0 aliphatic heterocycles. The molecule has 0 saturated heterocycles. The smallest absolute Gasteiger partial charge is 0.242 e. The van der Waals surface area contributed by atoms with Crippen molar-refractivity contribution in [3.63, 3.8) is 0 Å². The number of unbranched alkanes of at least 4 members (excludes halogenated alkanes) is 1. The van der Waals surface area contributed by atoms with Crippen LogP contribution in [0.3, 0.4) is 0 Å². The summed E-state index contributed by atoms with van der Waals surface area (Å²) in [6, 6.07) is 0. The van der Waals surface area contributed by atoms with Crippen molar-refractivity contribution in [2.45, 2.75) is 65.8 Å². The van der Waals surface area contributed by atoms with E-state index in [2.05, 4.69) is 49.9 Å². The molecule has 0 amide bonds. The highest BCUT2D eigenvalue weighted by molar-refractivity contribution is 5.67. The number of hydrogen-bond acceptors (Lipinski definition) is 5. The van der Waals surface area contributed by atoms with Gasteiger partial charge in [-0.3, -0.25) is 0 Å². The lowest BCUT2D eigenvalue weighted by Crippen LogP contribution is -2.28. The minimum absolute atomic E-state index is 0.105. The first-order valence-corrected chi connectivity index (χ1v) is 7.44. The number of ether oxygens (including phenoxy) is 1. The molecule has 1 heterocycles. The Morgan fingerprint density at radius 1 is 1.15 bits per heavy atom. The zero-order chi connectivity index (χ0) is 15.2. The highest BCUT2D eigenvalue weighted by atomic mass is 16.5. The number of nitrogens with one attached hydrogen (secondary N) is 1. The van der Waals surface area contributed by atoms with Crippen LogP contribution in [-0.2, 0) is 6.42 Å². The van der Waals surface area contributed by atoms with E-state index in [4.69, 9.17) is 10.5 Å². The zero-order valence-electron chi connectivity index (χ0n) is 13.4. The van der Waals surface area contributed by atoms with Crippen LogP contribution in [0.5, 0.6) is 5.88 Å². The molecule has 20 heavy (non-hydrogen) atoms. The molecule has 0 atom stereocenters. The van der Waals surface area contributed by atoms with Gasteiger partial charge < -0.3 is 15.8 Å². The van der Waals surface area contributed by atoms with Gasteiger partial charge in [0.05, 0.1) is 6.61 Å². The molecule has 0 aliphatic rings. The summed E-state index contributed by atoms with van der Waals surface area (Å²) in [6.45, 7) is 11.1. The van der Waals surface area contributed by atoms with Crippen LogP contribution in [0.25, 0.3) is 0 Å². The third kappa shape index (κ3) is 5.23. The fourth-order valence-electron chi connectivity index (χ4n) is 1.70. The topological polar surface area (TPSA) is 73.1 Å². The highest BCUT2D eigenvalue weighted by Gasteiger charge is 2.17. The van der Waals surface area contributed by atoms with Crippen LogP contribution in [0.1, 0.15) is 59.7 Å². The number of nitrogens with zero attached hydrogens (tertiary/aromatic N) is 2. The monoisotopic (exact) mass is 280 g/mol. The summed E-state index contributed by atoms with van der Waals surface area (Å²) in [7, 11) is 0. The average molecular weight is 280 g/mol. The lowest BCUT2D eigenvalue weighted by atomic mass is 10.1. The minimum atomic E-state index is -0.105. The normalized spacial score (nSPS) is 11.4. The second kappa shape index (κ2) is 7.31. The Morgan fingerprint density at radius 3 is 2.40 bits per heavy atom. The molecule has 0 unspecified atom stereocenters. The van der Waals surface area contributed by atoms with Gasteiger partial charge in [-0.25, -0.2) is 4.98 Å². The molecule has 0 radical (unpaired) electrons. The molecule has 3 N–H and O–H groups in total. The fourth-order valence-corrected chi connectivity index (χ4v) is 1.70. The highest BCUT2D eigenvalue weighted by Crippen LogP contribution is 2.28. The first-order valence-electron chi connectivity index (χ1n) is 7.44. The summed E-state index contributed by atoms with van der Waals surface area (Å²) < 4.78 is 5.70. The summed E-state index contributed by atoms with van der Waals surface area (Å²) in [5, 5.41) is 3.32. The zero-order valence-corrected chi connectivity index (χ0v) is 13.4. The van der Waals surface area contributed by atoms with E-state index in [1.165, 1.54) is 0 Å². The number of nitrogens with two attached hydrogens (primary N) is 1. The molecule has 1 aromatic rings. The first-order chi connectivity index (χ1) is 9.37. The van der Waals surface area contributed by atoms with E-state index >= 15 is 0 Å². The number of nitrogen functional groups attached to an aromatic ring is 1. The Labute approximate surface area is 122 Å².